The van der Waals surface area contributed by atoms with E-state index in [-0.39, 0.29) is 47.9 Å². The van der Waals surface area contributed by atoms with Crippen LogP contribution in [0.25, 0.3) is 33.4 Å². The van der Waals surface area contributed by atoms with E-state index in [2.05, 4.69) is 9.97 Å². The smallest absolute Gasteiger partial charge is 0.546 e. The first-order chi connectivity index (χ1) is 17.5. The van der Waals surface area contributed by atoms with Crippen LogP contribution in [0.4, 0.5) is 4.39 Å². The molecule has 0 aliphatic carbocycles. The van der Waals surface area contributed by atoms with Crippen molar-refractivity contribution in [3.63, 3.8) is 0 Å². The number of ether oxygens (including phenoxy) is 2. The Hall–Kier alpha value is -3.78. The Morgan fingerprint density at radius 2 is 1.51 bits per heavy atom. The van der Waals surface area contributed by atoms with Gasteiger partial charge in [-0.15, -0.1) is 0 Å². The molecule has 5 rings (SSSR count). The van der Waals surface area contributed by atoms with Gasteiger partial charge in [-0.3, -0.25) is 0 Å². The normalized spacial score (nSPS) is 10.5. The second kappa shape index (κ2) is 12.0. The van der Waals surface area contributed by atoms with Gasteiger partial charge in [0.1, 0.15) is 24.8 Å². The summed E-state index contributed by atoms with van der Waals surface area (Å²) in [7, 11) is 0. The second-order valence-electron chi connectivity index (χ2n) is 8.05. The average molecular weight is 502 g/mol. The van der Waals surface area contributed by atoms with Gasteiger partial charge in [0.2, 0.25) is 5.88 Å². The molecule has 0 spiro atoms. The van der Waals surface area contributed by atoms with Crippen LogP contribution in [0, 0.1) is 5.82 Å². The fourth-order valence-corrected chi connectivity index (χ4v) is 3.75. The van der Waals surface area contributed by atoms with Crippen LogP contribution in [-0.2, 0) is 11.4 Å². The van der Waals surface area contributed by atoms with E-state index in [9.17, 15) is 14.3 Å². The molecule has 0 saturated heterocycles. The molecule has 5 aromatic rings. The number of fused-ring (bicyclic) bond motifs is 1. The zero-order valence-corrected chi connectivity index (χ0v) is 22.1. The largest absolute Gasteiger partial charge is 1.00 e. The van der Waals surface area contributed by atoms with Gasteiger partial charge in [0.05, 0.1) is 11.7 Å². The third-order valence-electron chi connectivity index (χ3n) is 5.53. The van der Waals surface area contributed by atoms with E-state index >= 15 is 0 Å². The number of benzene rings is 4. The summed E-state index contributed by atoms with van der Waals surface area (Å²) < 4.78 is 25.0. The van der Waals surface area contributed by atoms with Gasteiger partial charge in [0.25, 0.3) is 0 Å². The Kier molecular flexibility index (Phi) is 8.50. The standard InChI is InChI=1S/C29H21FN2O4.Na/c30-25-9-5-4-8-23(25)17-35-24-13-12-20-14-22(11-10-21(20)15-24)29-31-26(19-6-2-1-3-7-19)16-27(32-29)36-18-28(33)34;/h1-16H,17-18H2,(H,33,34);/q;+1/p-1. The molecule has 37 heavy (non-hydrogen) atoms. The van der Waals surface area contributed by atoms with Gasteiger partial charge in [0, 0.05) is 22.8 Å². The number of halogens is 1. The van der Waals surface area contributed by atoms with Crippen molar-refractivity contribution in [2.24, 2.45) is 0 Å². The van der Waals surface area contributed by atoms with Crippen LogP contribution in [0.15, 0.2) is 97.1 Å². The fourth-order valence-electron chi connectivity index (χ4n) is 3.75. The van der Waals surface area contributed by atoms with E-state index < -0.39 is 12.6 Å². The zero-order valence-electron chi connectivity index (χ0n) is 20.1. The van der Waals surface area contributed by atoms with Gasteiger partial charge in [-0.2, -0.15) is 4.98 Å². The third kappa shape index (κ3) is 6.51. The van der Waals surface area contributed by atoms with Gasteiger partial charge >= 0.3 is 29.6 Å². The van der Waals surface area contributed by atoms with Crippen molar-refractivity contribution in [2.75, 3.05) is 6.61 Å². The van der Waals surface area contributed by atoms with Crippen LogP contribution in [-0.4, -0.2) is 22.5 Å². The predicted molar refractivity (Wildman–Crippen MR) is 132 cm³/mol. The van der Waals surface area contributed by atoms with Gasteiger partial charge < -0.3 is 19.4 Å². The molecular weight excluding hydrogens is 482 g/mol. The zero-order chi connectivity index (χ0) is 24.9. The summed E-state index contributed by atoms with van der Waals surface area (Å²) in [5, 5.41) is 12.7. The summed E-state index contributed by atoms with van der Waals surface area (Å²) >= 11 is 0. The minimum atomic E-state index is -1.34. The molecule has 0 atom stereocenters. The Bertz CT molecular complexity index is 1550. The van der Waals surface area contributed by atoms with E-state index in [4.69, 9.17) is 9.47 Å². The van der Waals surface area contributed by atoms with Crippen molar-refractivity contribution in [2.45, 2.75) is 6.61 Å². The van der Waals surface area contributed by atoms with Crippen molar-refractivity contribution in [1.29, 1.82) is 0 Å². The first-order valence-corrected chi connectivity index (χ1v) is 11.2. The molecular formula is C29H20FN2NaO4. The topological polar surface area (TPSA) is 84.4 Å². The van der Waals surface area contributed by atoms with E-state index in [1.165, 1.54) is 6.07 Å². The maximum absolute atomic E-state index is 13.9. The van der Waals surface area contributed by atoms with E-state index in [0.29, 0.717) is 22.8 Å². The Labute approximate surface area is 235 Å². The molecule has 6 nitrogen and oxygen atoms in total. The monoisotopic (exact) mass is 502 g/mol. The van der Waals surface area contributed by atoms with E-state index in [1.54, 1.807) is 24.3 Å². The first kappa shape index (κ1) is 26.3. The Balaban J connectivity index is 0.00000320. The van der Waals surface area contributed by atoms with Gasteiger partial charge in [-0.1, -0.05) is 66.7 Å². The van der Waals surface area contributed by atoms with E-state index in [1.807, 2.05) is 66.7 Å². The van der Waals surface area contributed by atoms with Crippen molar-refractivity contribution in [1.82, 2.24) is 9.97 Å². The molecule has 0 bridgehead atoms. The molecule has 0 fully saturated rings. The molecule has 0 unspecified atom stereocenters. The molecule has 0 aliphatic heterocycles. The molecule has 0 aliphatic rings. The van der Waals surface area contributed by atoms with Crippen molar-refractivity contribution >= 4 is 16.7 Å². The van der Waals surface area contributed by atoms with Gasteiger partial charge in [0.15, 0.2) is 5.82 Å². The van der Waals surface area contributed by atoms with Crippen LogP contribution in [0.2, 0.25) is 0 Å². The van der Waals surface area contributed by atoms with E-state index in [0.717, 1.165) is 21.9 Å². The Morgan fingerprint density at radius 3 is 2.30 bits per heavy atom. The average Bonchev–Trinajstić information content (AvgIpc) is 2.91. The van der Waals surface area contributed by atoms with Crippen LogP contribution in [0.3, 0.4) is 0 Å². The summed E-state index contributed by atoms with van der Waals surface area (Å²) in [4.78, 5) is 20.0. The fraction of sp³-hybridized carbons (Fsp3) is 0.0690. The predicted octanol–water partition coefficient (Wildman–Crippen LogP) is 1.81. The summed E-state index contributed by atoms with van der Waals surface area (Å²) in [6.45, 7) is -0.483. The molecule has 1 heterocycles. The molecule has 178 valence electrons. The third-order valence-corrected chi connectivity index (χ3v) is 5.53. The van der Waals surface area contributed by atoms with Crippen LogP contribution >= 0.6 is 0 Å². The number of nitrogens with zero attached hydrogens (tertiary/aromatic N) is 2. The molecule has 1 aromatic heterocycles. The number of aliphatic carboxylic acids is 1. The maximum atomic E-state index is 13.9. The molecule has 0 amide bonds. The summed E-state index contributed by atoms with van der Waals surface area (Å²) in [6, 6.07) is 28.9. The van der Waals surface area contributed by atoms with Crippen molar-refractivity contribution in [3.05, 3.63) is 108 Å². The van der Waals surface area contributed by atoms with Gasteiger partial charge in [-0.05, 0) is 35.0 Å². The number of carbonyl (C=O) groups is 1. The maximum Gasteiger partial charge on any atom is 1.00 e. The first-order valence-electron chi connectivity index (χ1n) is 11.2. The quantitative estimate of drug-likeness (QED) is 0.301. The number of rotatable bonds is 8. The minimum Gasteiger partial charge on any atom is -0.546 e. The molecule has 0 saturated carbocycles. The summed E-state index contributed by atoms with van der Waals surface area (Å²) in [5.74, 6) is -0.482. The summed E-state index contributed by atoms with van der Waals surface area (Å²) in [5.41, 5.74) is 2.67. The van der Waals surface area contributed by atoms with Crippen molar-refractivity contribution < 1.29 is 53.3 Å². The molecule has 4 aromatic carbocycles. The SMILES string of the molecule is O=C([O-])COc1cc(-c2ccccc2)nc(-c2ccc3cc(OCc4ccccc4F)ccc3c2)n1.[Na+]. The van der Waals surface area contributed by atoms with Gasteiger partial charge in [-0.25, -0.2) is 9.37 Å². The number of hydrogen-bond donors (Lipinski definition) is 0. The number of hydrogen-bond acceptors (Lipinski definition) is 6. The molecule has 0 radical (unpaired) electrons. The van der Waals surface area contributed by atoms with Crippen LogP contribution in [0.1, 0.15) is 5.56 Å². The van der Waals surface area contributed by atoms with Crippen molar-refractivity contribution in [3.8, 4) is 34.3 Å². The second-order valence-corrected chi connectivity index (χ2v) is 8.05. The minimum absolute atomic E-state index is 0. The Morgan fingerprint density at radius 1 is 0.784 bits per heavy atom. The number of carboxylic acid groups (broad SMARTS) is 1. The van der Waals surface area contributed by atoms with Crippen LogP contribution < -0.4 is 44.1 Å². The van der Waals surface area contributed by atoms with Crippen LogP contribution in [0.5, 0.6) is 11.6 Å². The molecule has 8 heteroatoms. The number of aromatic nitrogens is 2. The summed E-state index contributed by atoms with van der Waals surface area (Å²) in [6.07, 6.45) is 0. The number of carbonyl (C=O) groups excluding carboxylic acids is 1. The number of carboxylic acids is 1. The molecule has 0 N–H and O–H groups in total.